The van der Waals surface area contributed by atoms with Crippen LogP contribution in [-0.4, -0.2) is 17.3 Å². The van der Waals surface area contributed by atoms with Gasteiger partial charge < -0.3 is 5.32 Å². The lowest BCUT2D eigenvalue weighted by molar-refractivity contribution is 0.566. The Hall–Kier alpha value is -2.44. The van der Waals surface area contributed by atoms with Crippen molar-refractivity contribution in [2.75, 3.05) is 5.32 Å². The van der Waals surface area contributed by atoms with Crippen molar-refractivity contribution >= 4 is 24.2 Å². The molecule has 0 aliphatic carbocycles. The van der Waals surface area contributed by atoms with Crippen LogP contribution in [0.25, 0.3) is 6.20 Å². The minimum Gasteiger partial charge on any atom is -0.345 e. The van der Waals surface area contributed by atoms with E-state index in [9.17, 15) is 4.79 Å². The molecule has 1 aliphatic rings. The molecule has 1 aromatic heterocycles. The second kappa shape index (κ2) is 3.13. The molecule has 66 valence electrons. The predicted molar refractivity (Wildman–Crippen MR) is 49.6 cm³/mol. The molecule has 5 heteroatoms. The van der Waals surface area contributed by atoms with Gasteiger partial charge in [-0.1, -0.05) is 0 Å². The summed E-state index contributed by atoms with van der Waals surface area (Å²) in [6, 6.07) is 1.91. The maximum atomic E-state index is 10.5. The lowest BCUT2D eigenvalue weighted by Gasteiger charge is -2.05. The molecule has 0 saturated carbocycles. The third kappa shape index (κ3) is 1.07. The van der Waals surface area contributed by atoms with Crippen molar-refractivity contribution in [3.63, 3.8) is 0 Å². The largest absolute Gasteiger partial charge is 0.345 e. The van der Waals surface area contributed by atoms with E-state index in [0.29, 0.717) is 10.9 Å². The molecule has 2 rings (SSSR count). The van der Waals surface area contributed by atoms with Gasteiger partial charge >= 0.3 is 0 Å². The number of hydrogen-bond acceptors (Lipinski definition) is 5. The molecule has 0 atom stereocenters. The van der Waals surface area contributed by atoms with Gasteiger partial charge in [0.25, 0.3) is 0 Å². The lowest BCUT2D eigenvalue weighted by Crippen LogP contribution is -2.25. The maximum Gasteiger partial charge on any atom is 0.166 e. The monoisotopic (exact) mass is 184 g/mol. The highest BCUT2D eigenvalue weighted by Crippen LogP contribution is 2.03. The van der Waals surface area contributed by atoms with Gasteiger partial charge in [-0.2, -0.15) is 5.26 Å². The highest BCUT2D eigenvalue weighted by molar-refractivity contribution is 5.83. The van der Waals surface area contributed by atoms with Gasteiger partial charge in [-0.15, -0.1) is 0 Å². The smallest absolute Gasteiger partial charge is 0.166 e. The first kappa shape index (κ1) is 8.17. The number of fused-ring (bicyclic) bond motifs is 1. The van der Waals surface area contributed by atoms with Crippen LogP contribution in [0.4, 0.5) is 5.69 Å². The van der Waals surface area contributed by atoms with E-state index in [-0.39, 0.29) is 10.9 Å². The number of pyridine rings is 1. The van der Waals surface area contributed by atoms with Gasteiger partial charge in [-0.3, -0.25) is 0 Å². The van der Waals surface area contributed by atoms with Crippen molar-refractivity contribution in [3.8, 4) is 6.07 Å². The van der Waals surface area contributed by atoms with E-state index in [2.05, 4.69) is 15.3 Å². The second-order valence-electron chi connectivity index (χ2n) is 2.58. The number of nitrogens with one attached hydrogen (secondary N) is 1. The topological polar surface area (TPSA) is 78.1 Å². The zero-order valence-electron chi connectivity index (χ0n) is 6.98. The Morgan fingerprint density at radius 2 is 2.36 bits per heavy atom. The van der Waals surface area contributed by atoms with Gasteiger partial charge in [-0.05, 0) is 0 Å². The SMILES string of the molecule is N#Cc1c2c(cnc1=C=O)=CN=CN2. The molecule has 1 aromatic rings. The molecule has 0 fully saturated rings. The molecular formula is C9H4N4O. The minimum absolute atomic E-state index is 0.0162. The number of nitriles is 1. The molecule has 0 aromatic carbocycles. The number of nitrogens with zero attached hydrogens (tertiary/aromatic N) is 3. The number of anilines is 1. The van der Waals surface area contributed by atoms with Crippen LogP contribution in [0.5, 0.6) is 0 Å². The normalized spacial score (nSPS) is 11.6. The summed E-state index contributed by atoms with van der Waals surface area (Å²) >= 11 is 0. The maximum absolute atomic E-state index is 10.5. The van der Waals surface area contributed by atoms with Crippen molar-refractivity contribution in [3.05, 3.63) is 22.3 Å². The number of aromatic nitrogens is 1. The predicted octanol–water partition coefficient (Wildman–Crippen LogP) is -1.35. The molecule has 0 unspecified atom stereocenters. The van der Waals surface area contributed by atoms with Crippen LogP contribution < -0.4 is 15.9 Å². The van der Waals surface area contributed by atoms with Crippen LogP contribution in [-0.2, 0) is 4.79 Å². The van der Waals surface area contributed by atoms with Crippen LogP contribution >= 0.6 is 0 Å². The summed E-state index contributed by atoms with van der Waals surface area (Å²) < 4.78 is 0. The Kier molecular flexibility index (Phi) is 1.83. The Morgan fingerprint density at radius 1 is 1.50 bits per heavy atom. The Balaban J connectivity index is 2.95. The molecule has 0 bridgehead atoms. The molecule has 0 spiro atoms. The summed E-state index contributed by atoms with van der Waals surface area (Å²) in [5.74, 6) is 1.61. The molecule has 1 N–H and O–H groups in total. The van der Waals surface area contributed by atoms with E-state index in [4.69, 9.17) is 5.26 Å². The quantitative estimate of drug-likeness (QED) is 0.540. The first-order valence-corrected chi connectivity index (χ1v) is 3.79. The average molecular weight is 184 g/mol. The zero-order chi connectivity index (χ0) is 9.97. The molecule has 0 amide bonds. The zero-order valence-corrected chi connectivity index (χ0v) is 6.98. The van der Waals surface area contributed by atoms with Crippen LogP contribution in [0.3, 0.4) is 0 Å². The lowest BCUT2D eigenvalue weighted by atomic mass is 10.2. The second-order valence-corrected chi connectivity index (χ2v) is 2.58. The van der Waals surface area contributed by atoms with Crippen molar-refractivity contribution < 1.29 is 4.79 Å². The average Bonchev–Trinajstić information content (AvgIpc) is 2.27. The fraction of sp³-hybridized carbons (Fsp3) is 0. The molecule has 0 saturated heterocycles. The van der Waals surface area contributed by atoms with Gasteiger partial charge in [0.15, 0.2) is 11.3 Å². The third-order valence-electron chi connectivity index (χ3n) is 1.81. The molecule has 14 heavy (non-hydrogen) atoms. The van der Waals surface area contributed by atoms with Crippen molar-refractivity contribution in [1.82, 2.24) is 4.98 Å². The Morgan fingerprint density at radius 3 is 3.07 bits per heavy atom. The summed E-state index contributed by atoms with van der Waals surface area (Å²) in [7, 11) is 0. The molecule has 2 heterocycles. The van der Waals surface area contributed by atoms with E-state index in [1.54, 1.807) is 12.1 Å². The van der Waals surface area contributed by atoms with E-state index in [1.165, 1.54) is 12.5 Å². The Bertz CT molecular complexity index is 590. The molecule has 1 aliphatic heterocycles. The minimum atomic E-state index is 0.0162. The molecule has 5 nitrogen and oxygen atoms in total. The van der Waals surface area contributed by atoms with Crippen molar-refractivity contribution in [1.29, 1.82) is 5.26 Å². The number of rotatable bonds is 0. The summed E-state index contributed by atoms with van der Waals surface area (Å²) in [5.41, 5.74) is 0.746. The molecule has 0 radical (unpaired) electrons. The van der Waals surface area contributed by atoms with Crippen LogP contribution in [0.2, 0.25) is 0 Å². The van der Waals surface area contributed by atoms with E-state index < -0.39 is 0 Å². The van der Waals surface area contributed by atoms with E-state index >= 15 is 0 Å². The van der Waals surface area contributed by atoms with Gasteiger partial charge in [-0.25, -0.2) is 14.8 Å². The van der Waals surface area contributed by atoms with Crippen LogP contribution in [0, 0.1) is 11.3 Å². The number of carbonyl (C=O) groups excluding carboxylic acids is 1. The third-order valence-corrected chi connectivity index (χ3v) is 1.81. The first-order valence-electron chi connectivity index (χ1n) is 3.79. The fourth-order valence-corrected chi connectivity index (χ4v) is 1.18. The highest BCUT2D eigenvalue weighted by atomic mass is 16.1. The summed E-state index contributed by atoms with van der Waals surface area (Å²) in [6.45, 7) is 0. The van der Waals surface area contributed by atoms with Gasteiger partial charge in [0, 0.05) is 17.6 Å². The van der Waals surface area contributed by atoms with E-state index in [1.807, 2.05) is 6.07 Å². The Labute approximate surface area is 78.7 Å². The summed E-state index contributed by atoms with van der Waals surface area (Å²) in [5, 5.41) is 12.3. The van der Waals surface area contributed by atoms with E-state index in [0.717, 1.165) is 0 Å². The van der Waals surface area contributed by atoms with Gasteiger partial charge in [0.2, 0.25) is 0 Å². The van der Waals surface area contributed by atoms with Crippen LogP contribution in [0.15, 0.2) is 11.2 Å². The fourth-order valence-electron chi connectivity index (χ4n) is 1.18. The van der Waals surface area contributed by atoms with Gasteiger partial charge in [0.05, 0.1) is 12.0 Å². The first-order chi connectivity index (χ1) is 6.86. The standard InChI is InChI=1S/C9H4N4O/c10-1-7-8(4-14)12-3-6-2-11-5-13-9(6)7/h2-3,5H,(H,11,13). The summed E-state index contributed by atoms with van der Waals surface area (Å²) in [6.07, 6.45) is 4.48. The van der Waals surface area contributed by atoms with Gasteiger partial charge in [0.1, 0.15) is 11.6 Å². The summed E-state index contributed by atoms with van der Waals surface area (Å²) in [4.78, 5) is 18.1. The number of hydrogen-bond donors (Lipinski definition) is 1. The van der Waals surface area contributed by atoms with Crippen molar-refractivity contribution in [2.45, 2.75) is 0 Å². The number of aliphatic imine (C=N–C) groups is 1. The van der Waals surface area contributed by atoms with Crippen molar-refractivity contribution in [2.24, 2.45) is 4.99 Å². The molecular weight excluding hydrogens is 180 g/mol. The van der Waals surface area contributed by atoms with Crippen LogP contribution in [0.1, 0.15) is 5.56 Å². The highest BCUT2D eigenvalue weighted by Gasteiger charge is 2.07.